The molecule has 0 fully saturated rings. The summed E-state index contributed by atoms with van der Waals surface area (Å²) in [5.41, 5.74) is 0. The molecule has 0 saturated carbocycles. The third-order valence-electron chi connectivity index (χ3n) is 11.4. The monoisotopic (exact) mass is 737 g/mol. The molecule has 1 atom stereocenters. The number of amides is 2. The first-order valence-electron chi connectivity index (χ1n) is 23.0. The van der Waals surface area contributed by atoms with E-state index in [1.165, 1.54) is 153 Å². The molecule has 0 aliphatic heterocycles. The number of hydrogen-bond acceptors (Lipinski definition) is 4. The van der Waals surface area contributed by atoms with Crippen molar-refractivity contribution in [2.75, 3.05) is 39.3 Å². The fraction of sp³-hybridized carbons (Fsp3) is 0.933. The van der Waals surface area contributed by atoms with Crippen molar-refractivity contribution in [2.45, 2.75) is 233 Å². The first kappa shape index (κ1) is 50.4. The van der Waals surface area contributed by atoms with Crippen molar-refractivity contribution in [3.05, 3.63) is 0 Å². The summed E-state index contributed by atoms with van der Waals surface area (Å²) in [7, 11) is 0. The lowest BCUT2D eigenvalue weighted by Gasteiger charge is -2.35. The first-order valence-corrected chi connectivity index (χ1v) is 23.0. The van der Waals surface area contributed by atoms with Gasteiger partial charge >= 0.3 is 5.97 Å². The average Bonchev–Trinajstić information content (AvgIpc) is 3.15. The van der Waals surface area contributed by atoms with Crippen LogP contribution in [0.15, 0.2) is 0 Å². The summed E-state index contributed by atoms with van der Waals surface area (Å²) in [5.74, 6) is -0.231. The van der Waals surface area contributed by atoms with Gasteiger partial charge < -0.3 is 19.9 Å². The molecule has 1 unspecified atom stereocenters. The van der Waals surface area contributed by atoms with Gasteiger partial charge in [-0.3, -0.25) is 9.59 Å². The highest BCUT2D eigenvalue weighted by molar-refractivity contribution is 5.84. The maximum Gasteiger partial charge on any atom is 0.328 e. The Morgan fingerprint density at radius 3 is 1.38 bits per heavy atom. The zero-order valence-corrected chi connectivity index (χ0v) is 35.6. The molecular formula is C45H90N3O4+. The van der Waals surface area contributed by atoms with Gasteiger partial charge in [0, 0.05) is 19.4 Å². The number of quaternary nitrogens is 1. The molecule has 0 bridgehead atoms. The Labute approximate surface area is 323 Å². The van der Waals surface area contributed by atoms with E-state index in [2.05, 4.69) is 45.3 Å². The van der Waals surface area contributed by atoms with Crippen LogP contribution >= 0.6 is 0 Å². The highest BCUT2D eigenvalue weighted by Gasteiger charge is 2.22. The molecule has 52 heavy (non-hydrogen) atoms. The van der Waals surface area contributed by atoms with Crippen LogP contribution in [0.2, 0.25) is 0 Å². The molecule has 2 amide bonds. The second-order valence-corrected chi connectivity index (χ2v) is 15.8. The molecule has 7 heteroatoms. The smallest absolute Gasteiger partial charge is 0.328 e. The number of carbonyl (C=O) groups excluding carboxylic acids is 3. The third kappa shape index (κ3) is 30.8. The van der Waals surface area contributed by atoms with Gasteiger partial charge in [0.2, 0.25) is 11.8 Å². The van der Waals surface area contributed by atoms with Gasteiger partial charge in [-0.15, -0.1) is 0 Å². The molecule has 0 radical (unpaired) electrons. The Bertz CT molecular complexity index is 808. The van der Waals surface area contributed by atoms with E-state index in [0.717, 1.165) is 51.4 Å². The Morgan fingerprint density at radius 2 is 0.904 bits per heavy atom. The number of carbonyl (C=O) groups is 3. The molecule has 0 aliphatic rings. The third-order valence-corrected chi connectivity index (χ3v) is 11.4. The van der Waals surface area contributed by atoms with E-state index in [0.29, 0.717) is 32.4 Å². The highest BCUT2D eigenvalue weighted by atomic mass is 16.5. The van der Waals surface area contributed by atoms with E-state index in [1.54, 1.807) is 0 Å². The van der Waals surface area contributed by atoms with E-state index in [-0.39, 0.29) is 17.8 Å². The molecule has 0 rings (SSSR count). The number of ether oxygens (including phenoxy) is 1. The van der Waals surface area contributed by atoms with Crippen LogP contribution in [-0.2, 0) is 19.1 Å². The van der Waals surface area contributed by atoms with Gasteiger partial charge in [-0.2, -0.15) is 0 Å². The second-order valence-electron chi connectivity index (χ2n) is 15.8. The summed E-state index contributed by atoms with van der Waals surface area (Å²) in [5, 5.41) is 6.06. The topological polar surface area (TPSA) is 84.5 Å². The minimum Gasteiger partial charge on any atom is -0.464 e. The summed E-state index contributed by atoms with van der Waals surface area (Å²) < 4.78 is 6.90. The van der Waals surface area contributed by atoms with Crippen LogP contribution in [0.25, 0.3) is 0 Å². The quantitative estimate of drug-likeness (QED) is 0.0373. The fourth-order valence-electron chi connectivity index (χ4n) is 7.35. The van der Waals surface area contributed by atoms with E-state index in [4.69, 9.17) is 4.74 Å². The van der Waals surface area contributed by atoms with Crippen LogP contribution in [-0.4, -0.2) is 67.6 Å². The molecule has 0 aromatic heterocycles. The molecular weight excluding hydrogens is 647 g/mol. The van der Waals surface area contributed by atoms with E-state index < -0.39 is 6.04 Å². The van der Waals surface area contributed by atoms with E-state index >= 15 is 0 Å². The maximum absolute atomic E-state index is 13.0. The summed E-state index contributed by atoms with van der Waals surface area (Å²) in [6.07, 6.45) is 33.5. The molecule has 0 heterocycles. The molecule has 308 valence electrons. The SMILES string of the molecule is CCCCCCCCCCCC(=O)NCCCCC(NC(=O)CCCCCCCCCC[N+](CC)(CC)CC)C(=O)OCCCCCCCCCC. The minimum atomic E-state index is -0.607. The predicted octanol–water partition coefficient (Wildman–Crippen LogP) is 11.7. The first-order chi connectivity index (χ1) is 25.4. The van der Waals surface area contributed by atoms with Crippen LogP contribution in [0.5, 0.6) is 0 Å². The van der Waals surface area contributed by atoms with E-state index in [1.807, 2.05) is 0 Å². The molecule has 2 N–H and O–H groups in total. The predicted molar refractivity (Wildman–Crippen MR) is 223 cm³/mol. The van der Waals surface area contributed by atoms with Crippen LogP contribution in [0.4, 0.5) is 0 Å². The molecule has 7 nitrogen and oxygen atoms in total. The van der Waals surface area contributed by atoms with Crippen LogP contribution in [0.3, 0.4) is 0 Å². The van der Waals surface area contributed by atoms with Crippen molar-refractivity contribution in [1.82, 2.24) is 10.6 Å². The summed E-state index contributed by atoms with van der Waals surface area (Å²) in [6, 6.07) is -0.607. The zero-order valence-electron chi connectivity index (χ0n) is 35.6. The maximum atomic E-state index is 13.0. The van der Waals surface area contributed by atoms with Crippen molar-refractivity contribution in [1.29, 1.82) is 0 Å². The Morgan fingerprint density at radius 1 is 0.481 bits per heavy atom. The summed E-state index contributed by atoms with van der Waals surface area (Å²) >= 11 is 0. The Hall–Kier alpha value is -1.63. The average molecular weight is 737 g/mol. The van der Waals surface area contributed by atoms with Crippen molar-refractivity contribution < 1.29 is 23.6 Å². The molecule has 0 aromatic carbocycles. The largest absolute Gasteiger partial charge is 0.464 e. The fourth-order valence-corrected chi connectivity index (χ4v) is 7.35. The minimum absolute atomic E-state index is 0.0485. The van der Waals surface area contributed by atoms with Crippen molar-refractivity contribution in [2.24, 2.45) is 0 Å². The second kappa shape index (κ2) is 37.7. The van der Waals surface area contributed by atoms with Gasteiger partial charge in [-0.25, -0.2) is 4.79 Å². The van der Waals surface area contributed by atoms with Gasteiger partial charge in [-0.1, -0.05) is 142 Å². The normalized spacial score (nSPS) is 12.2. The van der Waals surface area contributed by atoms with Gasteiger partial charge in [0.05, 0.1) is 32.8 Å². The molecule has 0 aromatic rings. The number of nitrogens with zero attached hydrogens (tertiary/aromatic N) is 1. The zero-order chi connectivity index (χ0) is 38.4. The van der Waals surface area contributed by atoms with Crippen molar-refractivity contribution >= 4 is 17.8 Å². The van der Waals surface area contributed by atoms with Gasteiger partial charge in [-0.05, 0) is 72.1 Å². The lowest BCUT2D eigenvalue weighted by molar-refractivity contribution is -0.923. The standard InChI is InChI=1S/C45H89N3O4/c1-6-11-13-15-17-19-22-26-30-37-43(49)46-39-33-32-36-42(45(51)52-41-35-29-25-18-16-14-12-7-2)47-44(50)38-31-27-23-20-21-24-28-34-40-48(8-3,9-4)10-5/h42H,6-41H2,1-5H3,(H-,46,47,49,50)/p+1. The number of unbranched alkanes of at least 4 members (excludes halogenated alkanes) is 23. The van der Waals surface area contributed by atoms with Gasteiger partial charge in [0.1, 0.15) is 6.04 Å². The number of hydrogen-bond donors (Lipinski definition) is 2. The van der Waals surface area contributed by atoms with Crippen LogP contribution in [0, 0.1) is 0 Å². The van der Waals surface area contributed by atoms with Crippen molar-refractivity contribution in [3.63, 3.8) is 0 Å². The lowest BCUT2D eigenvalue weighted by atomic mass is 10.1. The van der Waals surface area contributed by atoms with Crippen LogP contribution < -0.4 is 10.6 Å². The number of rotatable bonds is 40. The molecule has 0 aliphatic carbocycles. The van der Waals surface area contributed by atoms with Crippen LogP contribution in [0.1, 0.15) is 227 Å². The van der Waals surface area contributed by atoms with Gasteiger partial charge in [0.25, 0.3) is 0 Å². The molecule has 0 spiro atoms. The summed E-state index contributed by atoms with van der Waals surface area (Å²) in [6.45, 7) is 17.5. The van der Waals surface area contributed by atoms with Crippen molar-refractivity contribution in [3.8, 4) is 0 Å². The van der Waals surface area contributed by atoms with Gasteiger partial charge in [0.15, 0.2) is 0 Å². The van der Waals surface area contributed by atoms with E-state index in [9.17, 15) is 14.4 Å². The highest BCUT2D eigenvalue weighted by Crippen LogP contribution is 2.15. The number of nitrogens with one attached hydrogen (secondary N) is 2. The Kier molecular flexibility index (Phi) is 36.5. The Balaban J connectivity index is 4.37. The number of esters is 1. The molecule has 0 saturated heterocycles. The summed E-state index contributed by atoms with van der Waals surface area (Å²) in [4.78, 5) is 38.2. The lowest BCUT2D eigenvalue weighted by Crippen LogP contribution is -2.48.